The third kappa shape index (κ3) is 3.68. The van der Waals surface area contributed by atoms with Crippen molar-refractivity contribution in [2.24, 2.45) is 0 Å². The van der Waals surface area contributed by atoms with Crippen molar-refractivity contribution in [3.05, 3.63) is 23.8 Å². The maximum Gasteiger partial charge on any atom is 0.242 e. The molecule has 1 saturated carbocycles. The molecule has 1 aromatic rings. The van der Waals surface area contributed by atoms with Crippen LogP contribution in [0.1, 0.15) is 18.4 Å². The van der Waals surface area contributed by atoms with Crippen LogP contribution in [0.25, 0.3) is 0 Å². The number of aryl methyl sites for hydroxylation is 1. The summed E-state index contributed by atoms with van der Waals surface area (Å²) in [7, 11) is -1.49. The summed E-state index contributed by atoms with van der Waals surface area (Å²) in [5, 5.41) is 0. The number of nitrogens with one attached hydrogen (secondary N) is 1. The summed E-state index contributed by atoms with van der Waals surface area (Å²) >= 11 is 0. The van der Waals surface area contributed by atoms with Gasteiger partial charge in [-0.15, -0.1) is 0 Å². The van der Waals surface area contributed by atoms with E-state index >= 15 is 0 Å². The number of nitrogen functional groups attached to an aromatic ring is 1. The predicted octanol–water partition coefficient (Wildman–Crippen LogP) is 0.950. The smallest absolute Gasteiger partial charge is 0.242 e. The third-order valence-corrected chi connectivity index (χ3v) is 4.92. The minimum atomic E-state index is -3.51. The van der Waals surface area contributed by atoms with Gasteiger partial charge in [0.2, 0.25) is 10.0 Å². The van der Waals surface area contributed by atoms with Crippen molar-refractivity contribution >= 4 is 15.7 Å². The predicted molar refractivity (Wildman–Crippen MR) is 76.4 cm³/mol. The Kier molecular flexibility index (Phi) is 4.13. The number of rotatable bonds is 6. The Morgan fingerprint density at radius 1 is 1.42 bits per heavy atom. The summed E-state index contributed by atoms with van der Waals surface area (Å²) in [6.45, 7) is 3.00. The van der Waals surface area contributed by atoms with Gasteiger partial charge in [0.05, 0.1) is 5.69 Å². The number of likely N-dealkylation sites (N-methyl/N-ethyl adjacent to an activating group) is 1. The van der Waals surface area contributed by atoms with E-state index in [1.54, 1.807) is 18.2 Å². The quantitative estimate of drug-likeness (QED) is 0.762. The molecule has 0 unspecified atom stereocenters. The second-order valence-corrected chi connectivity index (χ2v) is 6.89. The molecule has 0 spiro atoms. The molecule has 0 aliphatic heterocycles. The van der Waals surface area contributed by atoms with Gasteiger partial charge < -0.3 is 10.6 Å². The van der Waals surface area contributed by atoms with E-state index in [4.69, 9.17) is 5.73 Å². The van der Waals surface area contributed by atoms with E-state index in [2.05, 4.69) is 9.62 Å². The molecule has 5 nitrogen and oxygen atoms in total. The molecule has 0 saturated heterocycles. The zero-order valence-electron chi connectivity index (χ0n) is 11.4. The molecule has 106 valence electrons. The Morgan fingerprint density at radius 3 is 2.68 bits per heavy atom. The van der Waals surface area contributed by atoms with Crippen LogP contribution in [0.5, 0.6) is 0 Å². The van der Waals surface area contributed by atoms with Crippen LogP contribution in [-0.2, 0) is 10.0 Å². The first kappa shape index (κ1) is 14.3. The summed E-state index contributed by atoms with van der Waals surface area (Å²) in [6, 6.07) is 5.61. The molecule has 0 atom stereocenters. The molecule has 0 amide bonds. The van der Waals surface area contributed by atoms with Crippen molar-refractivity contribution in [1.82, 2.24) is 9.62 Å². The van der Waals surface area contributed by atoms with E-state index in [1.165, 1.54) is 12.8 Å². The fourth-order valence-corrected chi connectivity index (χ4v) is 3.18. The van der Waals surface area contributed by atoms with Gasteiger partial charge in [0.25, 0.3) is 0 Å². The molecule has 0 aromatic heterocycles. The lowest BCUT2D eigenvalue weighted by molar-refractivity contribution is 0.329. The largest absolute Gasteiger partial charge is 0.398 e. The molecule has 0 bridgehead atoms. The molecule has 1 aliphatic carbocycles. The van der Waals surface area contributed by atoms with Crippen molar-refractivity contribution < 1.29 is 8.42 Å². The molecule has 1 aliphatic rings. The van der Waals surface area contributed by atoms with E-state index in [0.717, 1.165) is 12.1 Å². The van der Waals surface area contributed by atoms with Crippen LogP contribution in [-0.4, -0.2) is 39.5 Å². The third-order valence-electron chi connectivity index (χ3n) is 3.38. The first-order chi connectivity index (χ1) is 8.90. The Balaban J connectivity index is 1.97. The first-order valence-electron chi connectivity index (χ1n) is 6.46. The van der Waals surface area contributed by atoms with Gasteiger partial charge in [-0.3, -0.25) is 0 Å². The minimum absolute atomic E-state index is 0.159. The number of nitrogens with two attached hydrogens (primary N) is 1. The Bertz CT molecular complexity index is 553. The normalized spacial score (nSPS) is 15.9. The van der Waals surface area contributed by atoms with Gasteiger partial charge in [0, 0.05) is 19.1 Å². The van der Waals surface area contributed by atoms with E-state index in [-0.39, 0.29) is 4.90 Å². The van der Waals surface area contributed by atoms with Gasteiger partial charge in [-0.1, -0.05) is 6.07 Å². The number of nitrogens with zero attached hydrogens (tertiary/aromatic N) is 1. The molecule has 19 heavy (non-hydrogen) atoms. The molecular formula is C13H21N3O2S. The molecule has 2 rings (SSSR count). The molecule has 0 heterocycles. The van der Waals surface area contributed by atoms with Crippen LogP contribution >= 0.6 is 0 Å². The molecule has 1 aromatic carbocycles. The van der Waals surface area contributed by atoms with E-state index in [9.17, 15) is 8.42 Å². The standard InChI is InChI=1S/C13H21N3O2S/c1-10-3-6-13(12(14)9-10)19(17,18)15-7-8-16(2)11-4-5-11/h3,6,9,11,15H,4-5,7-8,14H2,1-2H3. The lowest BCUT2D eigenvalue weighted by Gasteiger charge is -2.16. The van der Waals surface area contributed by atoms with Crippen LogP contribution in [0, 0.1) is 6.92 Å². The van der Waals surface area contributed by atoms with Gasteiger partial charge in [-0.2, -0.15) is 0 Å². The van der Waals surface area contributed by atoms with Gasteiger partial charge >= 0.3 is 0 Å². The molecule has 1 fully saturated rings. The highest BCUT2D eigenvalue weighted by molar-refractivity contribution is 7.89. The Hall–Kier alpha value is -1.11. The number of benzene rings is 1. The van der Waals surface area contributed by atoms with Crippen molar-refractivity contribution in [1.29, 1.82) is 0 Å². The lowest BCUT2D eigenvalue weighted by atomic mass is 10.2. The Morgan fingerprint density at radius 2 is 2.11 bits per heavy atom. The van der Waals surface area contributed by atoms with Crippen LogP contribution in [0.15, 0.2) is 23.1 Å². The zero-order chi connectivity index (χ0) is 14.0. The van der Waals surface area contributed by atoms with Gasteiger partial charge in [-0.05, 0) is 44.5 Å². The highest BCUT2D eigenvalue weighted by Crippen LogP contribution is 2.24. The van der Waals surface area contributed by atoms with Crippen molar-refractivity contribution in [3.8, 4) is 0 Å². The number of hydrogen-bond acceptors (Lipinski definition) is 4. The summed E-state index contributed by atoms with van der Waals surface area (Å²) in [5.74, 6) is 0. The molecule has 3 N–H and O–H groups in total. The van der Waals surface area contributed by atoms with Gasteiger partial charge in [-0.25, -0.2) is 13.1 Å². The highest BCUT2D eigenvalue weighted by atomic mass is 32.2. The van der Waals surface area contributed by atoms with Gasteiger partial charge in [0.15, 0.2) is 0 Å². The second kappa shape index (κ2) is 5.48. The Labute approximate surface area is 114 Å². The topological polar surface area (TPSA) is 75.4 Å². The summed E-state index contributed by atoms with van der Waals surface area (Å²) in [6.07, 6.45) is 2.43. The lowest BCUT2D eigenvalue weighted by Crippen LogP contribution is -2.34. The summed E-state index contributed by atoms with van der Waals surface area (Å²) < 4.78 is 26.8. The average Bonchev–Trinajstić information content (AvgIpc) is 3.11. The van der Waals surface area contributed by atoms with Crippen molar-refractivity contribution in [2.45, 2.75) is 30.7 Å². The monoisotopic (exact) mass is 283 g/mol. The highest BCUT2D eigenvalue weighted by Gasteiger charge is 2.26. The van der Waals surface area contributed by atoms with E-state index in [0.29, 0.717) is 18.3 Å². The van der Waals surface area contributed by atoms with Crippen LogP contribution in [0.3, 0.4) is 0 Å². The zero-order valence-corrected chi connectivity index (χ0v) is 12.2. The SMILES string of the molecule is Cc1ccc(S(=O)(=O)NCCN(C)C2CC2)c(N)c1. The van der Waals surface area contributed by atoms with Crippen LogP contribution in [0.2, 0.25) is 0 Å². The summed E-state index contributed by atoms with van der Waals surface area (Å²) in [4.78, 5) is 2.34. The number of anilines is 1. The maximum atomic E-state index is 12.1. The molecular weight excluding hydrogens is 262 g/mol. The second-order valence-electron chi connectivity index (χ2n) is 5.15. The van der Waals surface area contributed by atoms with Crippen molar-refractivity contribution in [2.75, 3.05) is 25.9 Å². The van der Waals surface area contributed by atoms with E-state index < -0.39 is 10.0 Å². The average molecular weight is 283 g/mol. The number of hydrogen-bond donors (Lipinski definition) is 2. The molecule has 6 heteroatoms. The fraction of sp³-hybridized carbons (Fsp3) is 0.538. The van der Waals surface area contributed by atoms with Gasteiger partial charge in [0.1, 0.15) is 4.90 Å². The van der Waals surface area contributed by atoms with Crippen LogP contribution < -0.4 is 10.5 Å². The summed E-state index contributed by atoms with van der Waals surface area (Å²) in [5.41, 5.74) is 7.01. The minimum Gasteiger partial charge on any atom is -0.398 e. The fourth-order valence-electron chi connectivity index (χ4n) is 2.04. The van der Waals surface area contributed by atoms with E-state index in [1.807, 2.05) is 14.0 Å². The first-order valence-corrected chi connectivity index (χ1v) is 7.94. The van der Waals surface area contributed by atoms with Crippen molar-refractivity contribution in [3.63, 3.8) is 0 Å². The van der Waals surface area contributed by atoms with Crippen LogP contribution in [0.4, 0.5) is 5.69 Å². The number of sulfonamides is 1. The maximum absolute atomic E-state index is 12.1. The molecule has 0 radical (unpaired) electrons.